The summed E-state index contributed by atoms with van der Waals surface area (Å²) in [6, 6.07) is 21.2. The molecule has 0 saturated carbocycles. The largest absolute Gasteiger partial charge is 0.497 e. The molecule has 1 saturated heterocycles. The number of benzene rings is 3. The number of ether oxygens (including phenoxy) is 1. The van der Waals surface area contributed by atoms with E-state index in [-0.39, 0.29) is 28.5 Å². The second-order valence-electron chi connectivity index (χ2n) is 9.65. The quantitative estimate of drug-likeness (QED) is 0.426. The van der Waals surface area contributed by atoms with E-state index in [1.54, 1.807) is 30.2 Å². The van der Waals surface area contributed by atoms with Crippen LogP contribution in [0.4, 0.5) is 4.39 Å². The van der Waals surface area contributed by atoms with Gasteiger partial charge >= 0.3 is 0 Å². The predicted molar refractivity (Wildman–Crippen MR) is 145 cm³/mol. The molecule has 2 heterocycles. The molecule has 2 amide bonds. The van der Waals surface area contributed by atoms with Gasteiger partial charge in [-0.2, -0.15) is 0 Å². The minimum Gasteiger partial charge on any atom is -0.497 e. The maximum Gasteiger partial charge on any atom is 0.262 e. The zero-order valence-electron chi connectivity index (χ0n) is 21.1. The highest BCUT2D eigenvalue weighted by Crippen LogP contribution is 2.32. The maximum atomic E-state index is 14.3. The molecule has 38 heavy (non-hydrogen) atoms. The number of nitrogens with one attached hydrogen (secondary N) is 1. The summed E-state index contributed by atoms with van der Waals surface area (Å²) in [6.45, 7) is 2.81. The summed E-state index contributed by atoms with van der Waals surface area (Å²) in [4.78, 5) is 29.9. The second kappa shape index (κ2) is 11.4. The van der Waals surface area contributed by atoms with Crippen LogP contribution in [0.2, 0.25) is 5.02 Å². The van der Waals surface area contributed by atoms with Crippen LogP contribution in [0.5, 0.6) is 5.75 Å². The molecule has 3 aromatic rings. The zero-order valence-corrected chi connectivity index (χ0v) is 21.8. The molecule has 1 N–H and O–H groups in total. The van der Waals surface area contributed by atoms with E-state index in [1.807, 2.05) is 42.6 Å². The van der Waals surface area contributed by atoms with Crippen LogP contribution in [-0.2, 0) is 0 Å². The lowest BCUT2D eigenvalue weighted by molar-refractivity contribution is 0.0816. The van der Waals surface area contributed by atoms with Crippen LogP contribution in [-0.4, -0.2) is 54.9 Å². The molecule has 6 nitrogen and oxygen atoms in total. The van der Waals surface area contributed by atoms with Gasteiger partial charge in [0.2, 0.25) is 0 Å². The Morgan fingerprint density at radius 3 is 2.61 bits per heavy atom. The van der Waals surface area contributed by atoms with E-state index in [1.165, 1.54) is 18.2 Å². The molecule has 5 rings (SSSR count). The SMILES string of the molecule is COc1cccc(C(=O)N[C@@H](CCN2CC3=CN(C(=O)c4c(F)cccc4Cl)CC3C2)c2ccccc2)c1. The van der Waals surface area contributed by atoms with Gasteiger partial charge < -0.3 is 15.0 Å². The van der Waals surface area contributed by atoms with Crippen molar-refractivity contribution in [2.24, 2.45) is 5.92 Å². The van der Waals surface area contributed by atoms with Crippen molar-refractivity contribution in [3.8, 4) is 5.75 Å². The van der Waals surface area contributed by atoms with Crippen LogP contribution in [0.25, 0.3) is 0 Å². The van der Waals surface area contributed by atoms with Gasteiger partial charge in [0, 0.05) is 43.9 Å². The molecule has 0 aromatic heterocycles. The van der Waals surface area contributed by atoms with E-state index < -0.39 is 11.7 Å². The van der Waals surface area contributed by atoms with Crippen molar-refractivity contribution >= 4 is 23.4 Å². The highest BCUT2D eigenvalue weighted by molar-refractivity contribution is 6.33. The number of likely N-dealkylation sites (tertiary alicyclic amines) is 1. The van der Waals surface area contributed by atoms with Crippen LogP contribution >= 0.6 is 11.6 Å². The number of carbonyl (C=O) groups excluding carboxylic acids is 2. The van der Waals surface area contributed by atoms with E-state index in [9.17, 15) is 14.0 Å². The highest BCUT2D eigenvalue weighted by Gasteiger charge is 2.36. The van der Waals surface area contributed by atoms with E-state index in [0.717, 1.165) is 37.2 Å². The first-order valence-corrected chi connectivity index (χ1v) is 13.0. The van der Waals surface area contributed by atoms with Gasteiger partial charge in [0.25, 0.3) is 11.8 Å². The summed E-state index contributed by atoms with van der Waals surface area (Å²) in [7, 11) is 1.58. The fourth-order valence-corrected chi connectivity index (χ4v) is 5.42. The fourth-order valence-electron chi connectivity index (χ4n) is 5.17. The minimum absolute atomic E-state index is 0.0830. The van der Waals surface area contributed by atoms with Gasteiger partial charge in [-0.1, -0.05) is 54.1 Å². The van der Waals surface area contributed by atoms with Crippen LogP contribution in [0.1, 0.15) is 38.7 Å². The van der Waals surface area contributed by atoms with Crippen molar-refractivity contribution in [3.63, 3.8) is 0 Å². The Balaban J connectivity index is 1.23. The molecule has 2 aliphatic heterocycles. The van der Waals surface area contributed by atoms with Crippen molar-refractivity contribution in [2.75, 3.05) is 33.3 Å². The second-order valence-corrected chi connectivity index (χ2v) is 10.1. The number of amides is 2. The zero-order chi connectivity index (χ0) is 26.6. The maximum absolute atomic E-state index is 14.3. The number of carbonyl (C=O) groups is 2. The summed E-state index contributed by atoms with van der Waals surface area (Å²) in [5.74, 6) is -0.338. The lowest BCUT2D eigenvalue weighted by Crippen LogP contribution is -2.33. The molecule has 8 heteroatoms. The van der Waals surface area contributed by atoms with E-state index >= 15 is 0 Å². The standard InChI is InChI=1S/C30H29ClFN3O3/c1-38-24-10-5-9-21(15-24)29(36)33-27(20-7-3-2-4-8-20)13-14-34-16-22-18-35(19-23(22)17-34)30(37)28-25(31)11-6-12-26(28)32/h2-12,15,18,23,27H,13-14,16-17,19H2,1H3,(H,33,36)/t23?,27-/m0/s1. The monoisotopic (exact) mass is 533 g/mol. The van der Waals surface area contributed by atoms with Crippen LogP contribution in [0, 0.1) is 11.7 Å². The molecule has 3 aromatic carbocycles. The van der Waals surface area contributed by atoms with Gasteiger partial charge in [0.05, 0.1) is 23.7 Å². The summed E-state index contributed by atoms with van der Waals surface area (Å²) in [5.41, 5.74) is 2.66. The van der Waals surface area contributed by atoms with E-state index in [4.69, 9.17) is 16.3 Å². The van der Waals surface area contributed by atoms with Crippen LogP contribution in [0.15, 0.2) is 84.6 Å². The Bertz CT molecular complexity index is 1340. The van der Waals surface area contributed by atoms with Crippen molar-refractivity contribution in [1.29, 1.82) is 0 Å². The lowest BCUT2D eigenvalue weighted by atomic mass is 10.0. The Kier molecular flexibility index (Phi) is 7.77. The predicted octanol–water partition coefficient (Wildman–Crippen LogP) is 5.32. The first-order chi connectivity index (χ1) is 18.4. The number of hydrogen-bond acceptors (Lipinski definition) is 4. The average molecular weight is 534 g/mol. The van der Waals surface area contributed by atoms with Gasteiger partial charge in [-0.3, -0.25) is 14.5 Å². The van der Waals surface area contributed by atoms with Crippen molar-refractivity contribution in [1.82, 2.24) is 15.1 Å². The Morgan fingerprint density at radius 2 is 1.87 bits per heavy atom. The third-order valence-corrected chi connectivity index (χ3v) is 7.47. The number of halogens is 2. The third-order valence-electron chi connectivity index (χ3n) is 7.16. The molecule has 1 unspecified atom stereocenters. The molecule has 0 bridgehead atoms. The van der Waals surface area contributed by atoms with E-state index in [0.29, 0.717) is 17.9 Å². The Hall–Kier alpha value is -3.68. The molecule has 1 fully saturated rings. The number of rotatable bonds is 8. The molecule has 0 aliphatic carbocycles. The first kappa shape index (κ1) is 25.9. The van der Waals surface area contributed by atoms with Gasteiger partial charge in [-0.15, -0.1) is 0 Å². The molecule has 196 valence electrons. The summed E-state index contributed by atoms with van der Waals surface area (Å²) >= 11 is 6.11. The number of hydrogen-bond donors (Lipinski definition) is 1. The van der Waals surface area contributed by atoms with Crippen LogP contribution in [0.3, 0.4) is 0 Å². The molecule has 0 radical (unpaired) electrons. The summed E-state index contributed by atoms with van der Waals surface area (Å²) in [5, 5.41) is 3.31. The third kappa shape index (κ3) is 5.59. The fraction of sp³-hybridized carbons (Fsp3) is 0.267. The van der Waals surface area contributed by atoms with Crippen molar-refractivity contribution < 1.29 is 18.7 Å². The molecule has 2 aliphatic rings. The molecular weight excluding hydrogens is 505 g/mol. The topological polar surface area (TPSA) is 61.9 Å². The normalized spacial score (nSPS) is 17.6. The molecule has 2 atom stereocenters. The molecular formula is C30H29ClFN3O3. The lowest BCUT2D eigenvalue weighted by Gasteiger charge is -2.24. The number of nitrogens with zero attached hydrogens (tertiary/aromatic N) is 2. The van der Waals surface area contributed by atoms with Crippen LogP contribution < -0.4 is 10.1 Å². The highest BCUT2D eigenvalue weighted by atomic mass is 35.5. The Morgan fingerprint density at radius 1 is 1.08 bits per heavy atom. The van der Waals surface area contributed by atoms with E-state index in [2.05, 4.69) is 10.2 Å². The molecule has 0 spiro atoms. The van der Waals surface area contributed by atoms with Crippen molar-refractivity contribution in [3.05, 3.63) is 112 Å². The van der Waals surface area contributed by atoms with Gasteiger partial charge in [0.1, 0.15) is 11.6 Å². The number of fused-ring (bicyclic) bond motifs is 1. The summed E-state index contributed by atoms with van der Waals surface area (Å²) in [6.07, 6.45) is 2.57. The Labute approximate surface area is 226 Å². The van der Waals surface area contributed by atoms with Crippen molar-refractivity contribution in [2.45, 2.75) is 12.5 Å². The number of methoxy groups -OCH3 is 1. The first-order valence-electron chi connectivity index (χ1n) is 12.6. The minimum atomic E-state index is -0.609. The van der Waals surface area contributed by atoms with Gasteiger partial charge in [-0.05, 0) is 47.9 Å². The smallest absolute Gasteiger partial charge is 0.262 e. The summed E-state index contributed by atoms with van der Waals surface area (Å²) < 4.78 is 19.5. The van der Waals surface area contributed by atoms with Gasteiger partial charge in [-0.25, -0.2) is 4.39 Å². The van der Waals surface area contributed by atoms with Gasteiger partial charge in [0.15, 0.2) is 0 Å². The average Bonchev–Trinajstić information content (AvgIpc) is 3.50.